The van der Waals surface area contributed by atoms with E-state index in [1.807, 2.05) is 4.90 Å². The average molecular weight is 374 g/mol. The molecular weight excluding hydrogens is 357 g/mol. The van der Waals surface area contributed by atoms with Crippen molar-refractivity contribution in [1.29, 1.82) is 5.26 Å². The van der Waals surface area contributed by atoms with Gasteiger partial charge in [0.1, 0.15) is 17.5 Å². The van der Waals surface area contributed by atoms with Crippen LogP contribution >= 0.6 is 11.6 Å². The molecule has 0 amide bonds. The molecule has 26 heavy (non-hydrogen) atoms. The number of pyridine rings is 1. The predicted octanol–water partition coefficient (Wildman–Crippen LogP) is 3.32. The Morgan fingerprint density at radius 3 is 2.92 bits per heavy atom. The van der Waals surface area contributed by atoms with Crippen molar-refractivity contribution in [3.05, 3.63) is 40.8 Å². The van der Waals surface area contributed by atoms with Gasteiger partial charge in [-0.1, -0.05) is 11.6 Å². The first-order valence-corrected chi connectivity index (χ1v) is 8.97. The Balaban J connectivity index is 1.41. The highest BCUT2D eigenvalue weighted by atomic mass is 35.5. The van der Waals surface area contributed by atoms with Crippen molar-refractivity contribution in [2.24, 2.45) is 5.92 Å². The number of aromatic nitrogens is 3. The van der Waals surface area contributed by atoms with Crippen LogP contribution in [-0.2, 0) is 0 Å². The van der Waals surface area contributed by atoms with E-state index in [1.54, 1.807) is 0 Å². The molecule has 1 atom stereocenters. The van der Waals surface area contributed by atoms with Gasteiger partial charge in [-0.3, -0.25) is 0 Å². The summed E-state index contributed by atoms with van der Waals surface area (Å²) in [4.78, 5) is 14.3. The third kappa shape index (κ3) is 3.56. The Kier molecular flexibility index (Phi) is 4.60. The highest BCUT2D eigenvalue weighted by Crippen LogP contribution is 2.38. The highest BCUT2D eigenvalue weighted by molar-refractivity contribution is 6.33. The quantitative estimate of drug-likeness (QED) is 0.748. The normalized spacial score (nSPS) is 19.4. The fourth-order valence-electron chi connectivity index (χ4n) is 3.13. The SMILES string of the molecule is N#Cc1cnc(C2CC2)nc1OC[C@H]1CCN(c2cc(F)ncc2Cl)C1. The molecule has 2 fully saturated rings. The largest absolute Gasteiger partial charge is 0.476 e. The molecule has 8 heteroatoms. The topological polar surface area (TPSA) is 74.9 Å². The fraction of sp³-hybridized carbons (Fsp3) is 0.444. The molecule has 1 saturated heterocycles. The highest BCUT2D eigenvalue weighted by Gasteiger charge is 2.29. The Hall–Kier alpha value is -2.46. The van der Waals surface area contributed by atoms with Crippen LogP contribution in [0.2, 0.25) is 5.02 Å². The van der Waals surface area contributed by atoms with E-state index in [9.17, 15) is 9.65 Å². The molecule has 6 nitrogen and oxygen atoms in total. The molecule has 1 aliphatic carbocycles. The molecular formula is C18H17ClFN5O. The average Bonchev–Trinajstić information content (AvgIpc) is 3.40. The van der Waals surface area contributed by atoms with Crippen LogP contribution in [0.25, 0.3) is 0 Å². The van der Waals surface area contributed by atoms with Gasteiger partial charge in [-0.05, 0) is 19.3 Å². The molecule has 2 aromatic rings. The number of hydrogen-bond acceptors (Lipinski definition) is 6. The maximum atomic E-state index is 13.4. The molecule has 3 heterocycles. The van der Waals surface area contributed by atoms with Gasteiger partial charge in [0.15, 0.2) is 0 Å². The number of nitrogens with zero attached hydrogens (tertiary/aromatic N) is 5. The van der Waals surface area contributed by atoms with Gasteiger partial charge in [0.2, 0.25) is 11.8 Å². The Morgan fingerprint density at radius 1 is 1.31 bits per heavy atom. The van der Waals surface area contributed by atoms with Crippen molar-refractivity contribution >= 4 is 17.3 Å². The summed E-state index contributed by atoms with van der Waals surface area (Å²) in [5.74, 6) is 1.21. The molecule has 0 spiro atoms. The van der Waals surface area contributed by atoms with E-state index >= 15 is 0 Å². The van der Waals surface area contributed by atoms with E-state index in [-0.39, 0.29) is 5.92 Å². The molecule has 2 aliphatic rings. The Labute approximate surface area is 155 Å². The van der Waals surface area contributed by atoms with E-state index in [4.69, 9.17) is 16.3 Å². The van der Waals surface area contributed by atoms with E-state index < -0.39 is 5.95 Å². The lowest BCUT2D eigenvalue weighted by Crippen LogP contribution is -2.22. The number of halogens is 2. The zero-order valence-corrected chi connectivity index (χ0v) is 14.8. The molecule has 2 aromatic heterocycles. The van der Waals surface area contributed by atoms with Crippen LogP contribution in [0.3, 0.4) is 0 Å². The minimum absolute atomic E-state index is 0.244. The van der Waals surface area contributed by atoms with Crippen LogP contribution in [0, 0.1) is 23.2 Å². The second kappa shape index (κ2) is 7.04. The van der Waals surface area contributed by atoms with Gasteiger partial charge >= 0.3 is 0 Å². The van der Waals surface area contributed by atoms with Crippen LogP contribution in [0.4, 0.5) is 10.1 Å². The van der Waals surface area contributed by atoms with Crippen LogP contribution in [0.5, 0.6) is 5.88 Å². The van der Waals surface area contributed by atoms with E-state index in [1.165, 1.54) is 18.5 Å². The van der Waals surface area contributed by atoms with Gasteiger partial charge in [-0.15, -0.1) is 0 Å². The van der Waals surface area contributed by atoms with Crippen molar-refractivity contribution < 1.29 is 9.13 Å². The number of ether oxygens (including phenoxy) is 1. The number of anilines is 1. The lowest BCUT2D eigenvalue weighted by molar-refractivity contribution is 0.250. The maximum absolute atomic E-state index is 13.4. The second-order valence-electron chi connectivity index (χ2n) is 6.70. The molecule has 4 rings (SSSR count). The second-order valence-corrected chi connectivity index (χ2v) is 7.11. The summed E-state index contributed by atoms with van der Waals surface area (Å²) < 4.78 is 19.2. The lowest BCUT2D eigenvalue weighted by atomic mass is 10.1. The summed E-state index contributed by atoms with van der Waals surface area (Å²) >= 11 is 6.13. The van der Waals surface area contributed by atoms with Crippen molar-refractivity contribution in [2.75, 3.05) is 24.6 Å². The Bertz CT molecular complexity index is 867. The molecule has 0 N–H and O–H groups in total. The van der Waals surface area contributed by atoms with Crippen LogP contribution in [0.1, 0.15) is 36.6 Å². The maximum Gasteiger partial charge on any atom is 0.235 e. The van der Waals surface area contributed by atoms with Gasteiger partial charge in [0.25, 0.3) is 0 Å². The molecule has 1 saturated carbocycles. The number of hydrogen-bond donors (Lipinski definition) is 0. The van der Waals surface area contributed by atoms with Gasteiger partial charge in [-0.25, -0.2) is 9.97 Å². The summed E-state index contributed by atoms with van der Waals surface area (Å²) in [6, 6.07) is 3.43. The van der Waals surface area contributed by atoms with Gasteiger partial charge < -0.3 is 9.64 Å². The Morgan fingerprint density at radius 2 is 2.15 bits per heavy atom. The zero-order chi connectivity index (χ0) is 18.1. The van der Waals surface area contributed by atoms with Gasteiger partial charge in [0, 0.05) is 31.0 Å². The monoisotopic (exact) mass is 373 g/mol. The first-order valence-electron chi connectivity index (χ1n) is 8.60. The standard InChI is InChI=1S/C18H17ClFN5O/c19-14-8-22-16(20)5-15(14)25-4-3-11(9-25)10-26-18-13(6-21)7-23-17(24-18)12-1-2-12/h5,7-8,11-12H,1-4,9-10H2/t11-/m0/s1. The van der Waals surface area contributed by atoms with Gasteiger partial charge in [0.05, 0.1) is 29.7 Å². The third-order valence-corrected chi connectivity index (χ3v) is 5.01. The minimum atomic E-state index is -0.545. The van der Waals surface area contributed by atoms with E-state index in [0.717, 1.165) is 31.6 Å². The smallest absolute Gasteiger partial charge is 0.235 e. The molecule has 0 radical (unpaired) electrons. The van der Waals surface area contributed by atoms with Crippen LogP contribution < -0.4 is 9.64 Å². The zero-order valence-electron chi connectivity index (χ0n) is 14.0. The number of nitriles is 1. The molecule has 0 aromatic carbocycles. The lowest BCUT2D eigenvalue weighted by Gasteiger charge is -2.20. The number of rotatable bonds is 5. The first kappa shape index (κ1) is 17.0. The molecule has 0 unspecified atom stereocenters. The van der Waals surface area contributed by atoms with Crippen LogP contribution in [0.15, 0.2) is 18.5 Å². The van der Waals surface area contributed by atoms with Crippen molar-refractivity contribution in [2.45, 2.75) is 25.2 Å². The molecule has 0 bridgehead atoms. The summed E-state index contributed by atoms with van der Waals surface area (Å²) in [5.41, 5.74) is 1.00. The van der Waals surface area contributed by atoms with Crippen molar-refractivity contribution in [1.82, 2.24) is 15.0 Å². The third-order valence-electron chi connectivity index (χ3n) is 4.72. The fourth-order valence-corrected chi connectivity index (χ4v) is 3.36. The predicted molar refractivity (Wildman–Crippen MR) is 93.7 cm³/mol. The summed E-state index contributed by atoms with van der Waals surface area (Å²) in [7, 11) is 0. The molecule has 1 aliphatic heterocycles. The van der Waals surface area contributed by atoms with E-state index in [2.05, 4.69) is 21.0 Å². The van der Waals surface area contributed by atoms with Gasteiger partial charge in [-0.2, -0.15) is 14.6 Å². The van der Waals surface area contributed by atoms with Crippen LogP contribution in [-0.4, -0.2) is 34.6 Å². The molecule has 134 valence electrons. The van der Waals surface area contributed by atoms with Crippen molar-refractivity contribution in [3.63, 3.8) is 0 Å². The van der Waals surface area contributed by atoms with Crippen molar-refractivity contribution in [3.8, 4) is 11.9 Å². The van der Waals surface area contributed by atoms with E-state index in [0.29, 0.717) is 41.2 Å². The summed E-state index contributed by atoms with van der Waals surface area (Å²) in [6.45, 7) is 1.91. The summed E-state index contributed by atoms with van der Waals surface area (Å²) in [6.07, 6.45) is 5.94. The minimum Gasteiger partial charge on any atom is -0.476 e. The first-order chi connectivity index (χ1) is 12.6. The summed E-state index contributed by atoms with van der Waals surface area (Å²) in [5, 5.41) is 9.66.